The molecule has 2 heterocycles. The molecule has 9 heteroatoms. The summed E-state index contributed by atoms with van der Waals surface area (Å²) in [4.78, 5) is 36.2. The Morgan fingerprint density at radius 1 is 1.10 bits per heavy atom. The van der Waals surface area contributed by atoms with Gasteiger partial charge in [0.05, 0.1) is 28.0 Å². The smallest absolute Gasteiger partial charge is 0.270 e. The van der Waals surface area contributed by atoms with Gasteiger partial charge in [0.2, 0.25) is 0 Å². The Kier molecular flexibility index (Phi) is 3.80. The Labute approximate surface area is 181 Å². The van der Waals surface area contributed by atoms with Crippen LogP contribution in [0.25, 0.3) is 11.3 Å². The van der Waals surface area contributed by atoms with Gasteiger partial charge in [-0.3, -0.25) is 19.7 Å². The number of allylic oxidation sites excluding steroid dienone is 2. The molecule has 2 amide bonds. The van der Waals surface area contributed by atoms with Crippen LogP contribution in [0.4, 0.5) is 5.69 Å². The maximum atomic E-state index is 12.9. The first-order chi connectivity index (χ1) is 14.9. The molecule has 5 aliphatic rings. The van der Waals surface area contributed by atoms with E-state index in [1.54, 1.807) is 12.1 Å². The number of nitro groups is 1. The molecular formula is C22H16ClN3O5. The molecule has 6 atom stereocenters. The SMILES string of the molecule is O=C1[C@@H]2[C@H]3C=C[C@@H]([C@@H]4C[C@@H]34)[C@H]2C(=O)N1/N=C\c1ccc(-c2ccc([N+](=O)[O-])cc2Cl)o1. The number of hydrogen-bond donors (Lipinski definition) is 0. The number of furan rings is 1. The fraction of sp³-hybridized carbons (Fsp3) is 0.318. The number of hydrazone groups is 1. The maximum absolute atomic E-state index is 12.9. The van der Waals surface area contributed by atoms with Crippen LogP contribution in [0.5, 0.6) is 0 Å². The Morgan fingerprint density at radius 3 is 2.39 bits per heavy atom. The molecule has 0 unspecified atom stereocenters. The van der Waals surface area contributed by atoms with Crippen LogP contribution in [0.15, 0.2) is 52.0 Å². The number of rotatable bonds is 4. The van der Waals surface area contributed by atoms with Gasteiger partial charge in [0, 0.05) is 17.7 Å². The lowest BCUT2D eigenvalue weighted by atomic mass is 9.63. The molecule has 3 fully saturated rings. The Morgan fingerprint density at radius 2 is 1.77 bits per heavy atom. The van der Waals surface area contributed by atoms with Gasteiger partial charge in [0.15, 0.2) is 0 Å². The number of amides is 2. The Bertz CT molecular complexity index is 1180. The highest BCUT2D eigenvalue weighted by molar-refractivity contribution is 6.33. The number of benzene rings is 1. The monoisotopic (exact) mass is 437 g/mol. The minimum atomic E-state index is -0.525. The van der Waals surface area contributed by atoms with Crippen LogP contribution in [-0.4, -0.2) is 28.0 Å². The number of nitrogens with zero attached hydrogens (tertiary/aromatic N) is 3. The van der Waals surface area contributed by atoms with Crippen LogP contribution >= 0.6 is 11.6 Å². The number of non-ortho nitro benzene ring substituents is 1. The van der Waals surface area contributed by atoms with Crippen LogP contribution < -0.4 is 0 Å². The van der Waals surface area contributed by atoms with Gasteiger partial charge in [-0.15, -0.1) is 0 Å². The van der Waals surface area contributed by atoms with Crippen molar-refractivity contribution >= 4 is 35.3 Å². The number of carbonyl (C=O) groups excluding carboxylic acids is 2. The average Bonchev–Trinajstić information content (AvgIpc) is 3.40. The van der Waals surface area contributed by atoms with Gasteiger partial charge in [0.25, 0.3) is 17.5 Å². The summed E-state index contributed by atoms with van der Waals surface area (Å²) in [5.41, 5.74) is 0.379. The van der Waals surface area contributed by atoms with Crippen LogP contribution in [0.2, 0.25) is 5.02 Å². The Hall–Kier alpha value is -3.26. The minimum absolute atomic E-state index is 0.115. The molecule has 2 bridgehead atoms. The standard InChI is InChI=1S/C22H16ClN3O5/c23-17-7-10(26(29)30)1-3-14(17)18-6-2-11(31-18)9-24-25-21(27)19-12-4-5-13(16-8-15(12)16)20(19)22(25)28/h1-7,9,12-13,15-16,19-20H,8H2/b24-9-/t12-,13-,15-,16-,19+,20+/m0/s1. The van der Waals surface area contributed by atoms with E-state index < -0.39 is 4.92 Å². The van der Waals surface area contributed by atoms with E-state index in [2.05, 4.69) is 17.3 Å². The van der Waals surface area contributed by atoms with Gasteiger partial charge < -0.3 is 4.42 Å². The van der Waals surface area contributed by atoms with E-state index in [9.17, 15) is 19.7 Å². The van der Waals surface area contributed by atoms with Crippen molar-refractivity contribution in [3.63, 3.8) is 0 Å². The topological polar surface area (TPSA) is 106 Å². The summed E-state index contributed by atoms with van der Waals surface area (Å²) in [5, 5.41) is 16.2. The lowest BCUT2D eigenvalue weighted by molar-refractivity contribution is -0.384. The molecule has 31 heavy (non-hydrogen) atoms. The summed E-state index contributed by atoms with van der Waals surface area (Å²) >= 11 is 6.15. The highest BCUT2D eigenvalue weighted by atomic mass is 35.5. The second-order valence-electron chi connectivity index (χ2n) is 8.51. The first kappa shape index (κ1) is 18.5. The summed E-state index contributed by atoms with van der Waals surface area (Å²) in [6.45, 7) is 0. The van der Waals surface area contributed by atoms with Crippen LogP contribution in [0, 0.1) is 45.6 Å². The summed E-state index contributed by atoms with van der Waals surface area (Å²) in [7, 11) is 0. The predicted octanol–water partition coefficient (Wildman–Crippen LogP) is 3.90. The van der Waals surface area contributed by atoms with Gasteiger partial charge in [-0.1, -0.05) is 23.8 Å². The third-order valence-corrected chi connectivity index (χ3v) is 7.31. The first-order valence-electron chi connectivity index (χ1n) is 10.1. The van der Waals surface area contributed by atoms with E-state index in [0.717, 1.165) is 11.4 Å². The summed E-state index contributed by atoms with van der Waals surface area (Å²) in [6.07, 6.45) is 6.68. The largest absolute Gasteiger partial charge is 0.455 e. The maximum Gasteiger partial charge on any atom is 0.270 e. The lowest BCUT2D eigenvalue weighted by Crippen LogP contribution is -2.40. The highest BCUT2D eigenvalue weighted by Crippen LogP contribution is 2.65. The highest BCUT2D eigenvalue weighted by Gasteiger charge is 2.67. The number of halogens is 1. The van der Waals surface area contributed by atoms with E-state index >= 15 is 0 Å². The fourth-order valence-corrected chi connectivity index (χ4v) is 5.82. The molecule has 1 saturated heterocycles. The van der Waals surface area contributed by atoms with Crippen molar-refractivity contribution in [2.24, 2.45) is 40.6 Å². The Balaban J connectivity index is 1.23. The molecule has 0 N–H and O–H groups in total. The van der Waals surface area contributed by atoms with E-state index in [1.165, 1.54) is 24.4 Å². The van der Waals surface area contributed by atoms with Crippen molar-refractivity contribution in [1.29, 1.82) is 0 Å². The van der Waals surface area contributed by atoms with E-state index in [-0.39, 0.29) is 46.2 Å². The molecule has 1 aliphatic heterocycles. The molecule has 0 radical (unpaired) electrons. The molecule has 2 aromatic rings. The first-order valence-corrected chi connectivity index (χ1v) is 10.5. The van der Waals surface area contributed by atoms with Gasteiger partial charge >= 0.3 is 0 Å². The fourth-order valence-electron chi connectivity index (χ4n) is 5.55. The second kappa shape index (κ2) is 6.37. The number of imide groups is 1. The van der Waals surface area contributed by atoms with Gasteiger partial charge in [-0.05, 0) is 48.3 Å². The predicted molar refractivity (Wildman–Crippen MR) is 110 cm³/mol. The number of carbonyl (C=O) groups is 2. The normalized spacial score (nSPS) is 32.6. The quantitative estimate of drug-likeness (QED) is 0.237. The molecule has 4 aliphatic carbocycles. The molecular weight excluding hydrogens is 422 g/mol. The van der Waals surface area contributed by atoms with Crippen molar-refractivity contribution in [3.8, 4) is 11.3 Å². The molecule has 1 aromatic heterocycles. The zero-order chi connectivity index (χ0) is 21.4. The molecule has 2 saturated carbocycles. The van der Waals surface area contributed by atoms with Gasteiger partial charge in [-0.2, -0.15) is 10.1 Å². The molecule has 1 aromatic carbocycles. The summed E-state index contributed by atoms with van der Waals surface area (Å²) < 4.78 is 5.71. The molecule has 0 spiro atoms. The number of hydrogen-bond acceptors (Lipinski definition) is 6. The average molecular weight is 438 g/mol. The van der Waals surface area contributed by atoms with Crippen LogP contribution in [0.1, 0.15) is 12.2 Å². The minimum Gasteiger partial charge on any atom is -0.455 e. The van der Waals surface area contributed by atoms with Gasteiger partial charge in [-0.25, -0.2) is 0 Å². The summed E-state index contributed by atoms with van der Waals surface area (Å²) in [6, 6.07) is 7.39. The van der Waals surface area contributed by atoms with E-state index in [4.69, 9.17) is 16.0 Å². The van der Waals surface area contributed by atoms with Crippen LogP contribution in [-0.2, 0) is 9.59 Å². The van der Waals surface area contributed by atoms with Crippen molar-refractivity contribution in [1.82, 2.24) is 5.01 Å². The van der Waals surface area contributed by atoms with E-state index in [1.807, 2.05) is 0 Å². The summed E-state index contributed by atoms with van der Waals surface area (Å²) in [5.74, 6) is 1.05. The van der Waals surface area contributed by atoms with Crippen molar-refractivity contribution in [2.45, 2.75) is 6.42 Å². The lowest BCUT2D eigenvalue weighted by Gasteiger charge is -2.37. The van der Waals surface area contributed by atoms with Crippen molar-refractivity contribution in [2.75, 3.05) is 0 Å². The third-order valence-electron chi connectivity index (χ3n) is 7.00. The van der Waals surface area contributed by atoms with Crippen molar-refractivity contribution < 1.29 is 18.9 Å². The zero-order valence-corrected chi connectivity index (χ0v) is 16.8. The zero-order valence-electron chi connectivity index (χ0n) is 16.1. The molecule has 7 rings (SSSR count). The van der Waals surface area contributed by atoms with Crippen LogP contribution in [0.3, 0.4) is 0 Å². The van der Waals surface area contributed by atoms with Gasteiger partial charge in [0.1, 0.15) is 11.5 Å². The second-order valence-corrected chi connectivity index (χ2v) is 8.92. The number of nitro benzene ring substituents is 1. The van der Waals surface area contributed by atoms with E-state index in [0.29, 0.717) is 28.9 Å². The molecule has 156 valence electrons. The molecule has 8 nitrogen and oxygen atoms in total. The third kappa shape index (κ3) is 2.64. The van der Waals surface area contributed by atoms with Crippen molar-refractivity contribution in [3.05, 3.63) is 63.4 Å².